The maximum Gasteiger partial charge on any atom is 0.233 e. The highest BCUT2D eigenvalue weighted by molar-refractivity contribution is 8.00. The molecule has 0 aromatic carbocycles. The molecule has 0 spiro atoms. The van der Waals surface area contributed by atoms with E-state index in [4.69, 9.17) is 8.83 Å². The van der Waals surface area contributed by atoms with Gasteiger partial charge in [-0.15, -0.1) is 10.2 Å². The number of amides is 1. The standard InChI is InChI=1S/C16H18N4O3S/c1-10-13(6-8-22-10)14-18-19-16(20(14)3)24-11(2)15(21)17-9-12-5-4-7-23-12/h4-8,11H,9H2,1-3H3,(H,17,21)/t11-/m0/s1. The first-order chi connectivity index (χ1) is 11.6. The van der Waals surface area contributed by atoms with Crippen LogP contribution in [0.4, 0.5) is 0 Å². The smallest absolute Gasteiger partial charge is 0.233 e. The van der Waals surface area contributed by atoms with Gasteiger partial charge in [0.25, 0.3) is 0 Å². The van der Waals surface area contributed by atoms with E-state index in [0.29, 0.717) is 17.5 Å². The maximum atomic E-state index is 12.2. The Kier molecular flexibility index (Phi) is 4.75. The molecule has 1 N–H and O–H groups in total. The van der Waals surface area contributed by atoms with E-state index in [2.05, 4.69) is 15.5 Å². The third-order valence-electron chi connectivity index (χ3n) is 3.60. The summed E-state index contributed by atoms with van der Waals surface area (Å²) in [5.74, 6) is 2.13. The van der Waals surface area contributed by atoms with Gasteiger partial charge in [-0.05, 0) is 32.0 Å². The molecule has 7 nitrogen and oxygen atoms in total. The van der Waals surface area contributed by atoms with Crippen molar-refractivity contribution < 1.29 is 13.6 Å². The van der Waals surface area contributed by atoms with Gasteiger partial charge in [0.15, 0.2) is 11.0 Å². The molecule has 3 aromatic rings. The average Bonchev–Trinajstić information content (AvgIpc) is 3.29. The molecule has 3 rings (SSSR count). The van der Waals surface area contributed by atoms with Crippen molar-refractivity contribution in [2.24, 2.45) is 7.05 Å². The lowest BCUT2D eigenvalue weighted by Gasteiger charge is -2.10. The van der Waals surface area contributed by atoms with Crippen LogP contribution in [0.2, 0.25) is 0 Å². The van der Waals surface area contributed by atoms with Gasteiger partial charge in [0.1, 0.15) is 11.5 Å². The van der Waals surface area contributed by atoms with Crippen LogP contribution in [0.25, 0.3) is 11.4 Å². The van der Waals surface area contributed by atoms with Crippen molar-refractivity contribution in [1.82, 2.24) is 20.1 Å². The van der Waals surface area contributed by atoms with E-state index < -0.39 is 0 Å². The molecule has 0 bridgehead atoms. The van der Waals surface area contributed by atoms with E-state index in [1.807, 2.05) is 37.6 Å². The fourth-order valence-electron chi connectivity index (χ4n) is 2.21. The molecule has 1 atom stereocenters. The Labute approximate surface area is 143 Å². The van der Waals surface area contributed by atoms with Crippen molar-refractivity contribution >= 4 is 17.7 Å². The van der Waals surface area contributed by atoms with Crippen molar-refractivity contribution in [1.29, 1.82) is 0 Å². The van der Waals surface area contributed by atoms with Gasteiger partial charge in [-0.2, -0.15) is 0 Å². The fourth-order valence-corrected chi connectivity index (χ4v) is 3.05. The molecule has 0 fully saturated rings. The number of aromatic nitrogens is 3. The second-order valence-electron chi connectivity index (χ2n) is 5.31. The number of nitrogens with zero attached hydrogens (tertiary/aromatic N) is 3. The second-order valence-corrected chi connectivity index (χ2v) is 6.62. The molecule has 3 aromatic heterocycles. The molecule has 0 saturated heterocycles. The van der Waals surface area contributed by atoms with Crippen LogP contribution in [0.5, 0.6) is 0 Å². The van der Waals surface area contributed by atoms with Crippen molar-refractivity contribution in [3.05, 3.63) is 42.2 Å². The van der Waals surface area contributed by atoms with Gasteiger partial charge in [0.05, 0.1) is 29.9 Å². The van der Waals surface area contributed by atoms with Gasteiger partial charge in [0, 0.05) is 7.05 Å². The Morgan fingerprint density at radius 2 is 2.17 bits per heavy atom. The normalized spacial score (nSPS) is 12.3. The molecule has 0 unspecified atom stereocenters. The number of hydrogen-bond acceptors (Lipinski definition) is 6. The number of carbonyl (C=O) groups is 1. The molecular formula is C16H18N4O3S. The largest absolute Gasteiger partial charge is 0.469 e. The molecule has 24 heavy (non-hydrogen) atoms. The molecule has 3 heterocycles. The summed E-state index contributed by atoms with van der Waals surface area (Å²) in [4.78, 5) is 12.2. The monoisotopic (exact) mass is 346 g/mol. The maximum absolute atomic E-state index is 12.2. The summed E-state index contributed by atoms with van der Waals surface area (Å²) in [7, 11) is 1.87. The molecule has 0 radical (unpaired) electrons. The minimum absolute atomic E-state index is 0.0829. The predicted molar refractivity (Wildman–Crippen MR) is 89.3 cm³/mol. The third kappa shape index (κ3) is 3.38. The van der Waals surface area contributed by atoms with Crippen LogP contribution < -0.4 is 5.32 Å². The molecule has 0 aliphatic rings. The van der Waals surface area contributed by atoms with Crippen LogP contribution in [0.3, 0.4) is 0 Å². The Morgan fingerprint density at radius 1 is 1.33 bits per heavy atom. The van der Waals surface area contributed by atoms with Crippen molar-refractivity contribution in [2.75, 3.05) is 0 Å². The number of carbonyl (C=O) groups excluding carboxylic acids is 1. The van der Waals surface area contributed by atoms with Crippen LogP contribution in [0.15, 0.2) is 44.7 Å². The van der Waals surface area contributed by atoms with Crippen molar-refractivity contribution in [2.45, 2.75) is 30.8 Å². The van der Waals surface area contributed by atoms with Crippen LogP contribution >= 0.6 is 11.8 Å². The van der Waals surface area contributed by atoms with Gasteiger partial charge in [-0.1, -0.05) is 11.8 Å². The van der Waals surface area contributed by atoms with Crippen molar-refractivity contribution in [3.8, 4) is 11.4 Å². The number of aryl methyl sites for hydroxylation is 1. The number of thioether (sulfide) groups is 1. The summed E-state index contributed by atoms with van der Waals surface area (Å²) in [5, 5.41) is 11.6. The minimum Gasteiger partial charge on any atom is -0.469 e. The molecule has 126 valence electrons. The summed E-state index contributed by atoms with van der Waals surface area (Å²) in [5.41, 5.74) is 0.895. The van der Waals surface area contributed by atoms with Gasteiger partial charge in [0.2, 0.25) is 5.91 Å². The Morgan fingerprint density at radius 3 is 2.83 bits per heavy atom. The summed E-state index contributed by atoms with van der Waals surface area (Å²) < 4.78 is 12.4. The molecule has 0 aliphatic heterocycles. The van der Waals surface area contributed by atoms with Gasteiger partial charge in [-0.3, -0.25) is 4.79 Å². The van der Waals surface area contributed by atoms with E-state index in [-0.39, 0.29) is 11.2 Å². The van der Waals surface area contributed by atoms with Crippen LogP contribution in [0, 0.1) is 6.92 Å². The Balaban J connectivity index is 1.64. The zero-order chi connectivity index (χ0) is 17.1. The topological polar surface area (TPSA) is 86.1 Å². The number of nitrogens with one attached hydrogen (secondary N) is 1. The Hall–Kier alpha value is -2.48. The first-order valence-corrected chi connectivity index (χ1v) is 8.35. The lowest BCUT2D eigenvalue weighted by atomic mass is 10.2. The predicted octanol–water partition coefficient (Wildman–Crippen LogP) is 2.77. The van der Waals surface area contributed by atoms with Gasteiger partial charge < -0.3 is 18.7 Å². The first kappa shape index (κ1) is 16.4. The zero-order valence-electron chi connectivity index (χ0n) is 13.6. The quantitative estimate of drug-likeness (QED) is 0.691. The van der Waals surface area contributed by atoms with Crippen LogP contribution in [-0.4, -0.2) is 25.9 Å². The van der Waals surface area contributed by atoms with Gasteiger partial charge >= 0.3 is 0 Å². The summed E-state index contributed by atoms with van der Waals surface area (Å²) in [6.45, 7) is 4.08. The highest BCUT2D eigenvalue weighted by Crippen LogP contribution is 2.27. The van der Waals surface area contributed by atoms with E-state index in [1.165, 1.54) is 11.8 Å². The van der Waals surface area contributed by atoms with Crippen molar-refractivity contribution in [3.63, 3.8) is 0 Å². The van der Waals surface area contributed by atoms with Crippen LogP contribution in [-0.2, 0) is 18.4 Å². The molecular weight excluding hydrogens is 328 g/mol. The molecule has 0 aliphatic carbocycles. The lowest BCUT2D eigenvalue weighted by molar-refractivity contribution is -0.120. The third-order valence-corrected chi connectivity index (χ3v) is 4.74. The fraction of sp³-hybridized carbons (Fsp3) is 0.312. The minimum atomic E-state index is -0.304. The molecule has 0 saturated carbocycles. The average molecular weight is 346 g/mol. The van der Waals surface area contributed by atoms with E-state index in [9.17, 15) is 4.79 Å². The summed E-state index contributed by atoms with van der Waals surface area (Å²) in [6, 6.07) is 5.46. The SMILES string of the molecule is Cc1occc1-c1nnc(S[C@@H](C)C(=O)NCc2ccco2)n1C. The number of furan rings is 2. The molecule has 1 amide bonds. The summed E-state index contributed by atoms with van der Waals surface area (Å²) >= 11 is 1.36. The second kappa shape index (κ2) is 6.96. The first-order valence-electron chi connectivity index (χ1n) is 7.47. The molecule has 8 heteroatoms. The number of rotatable bonds is 6. The van der Waals surface area contributed by atoms with E-state index >= 15 is 0 Å². The lowest BCUT2D eigenvalue weighted by Crippen LogP contribution is -2.30. The number of hydrogen-bond donors (Lipinski definition) is 1. The van der Waals surface area contributed by atoms with Crippen LogP contribution in [0.1, 0.15) is 18.4 Å². The highest BCUT2D eigenvalue weighted by atomic mass is 32.2. The highest BCUT2D eigenvalue weighted by Gasteiger charge is 2.20. The van der Waals surface area contributed by atoms with E-state index in [0.717, 1.165) is 17.1 Å². The summed E-state index contributed by atoms with van der Waals surface area (Å²) in [6.07, 6.45) is 3.20. The Bertz CT molecular complexity index is 822. The zero-order valence-corrected chi connectivity index (χ0v) is 14.5. The van der Waals surface area contributed by atoms with E-state index in [1.54, 1.807) is 18.6 Å². The van der Waals surface area contributed by atoms with Gasteiger partial charge in [-0.25, -0.2) is 0 Å².